The van der Waals surface area contributed by atoms with Crippen molar-refractivity contribution < 1.29 is 0 Å². The summed E-state index contributed by atoms with van der Waals surface area (Å²) in [7, 11) is 0. The summed E-state index contributed by atoms with van der Waals surface area (Å²) in [6, 6.07) is 6.65. The predicted molar refractivity (Wildman–Crippen MR) is 90.4 cm³/mol. The van der Waals surface area contributed by atoms with Crippen LogP contribution in [0, 0.1) is 3.57 Å². The van der Waals surface area contributed by atoms with E-state index < -0.39 is 0 Å². The van der Waals surface area contributed by atoms with Gasteiger partial charge in [-0.1, -0.05) is 6.92 Å². The van der Waals surface area contributed by atoms with Gasteiger partial charge < -0.3 is 10.2 Å². The van der Waals surface area contributed by atoms with Gasteiger partial charge in [-0.25, -0.2) is 0 Å². The summed E-state index contributed by atoms with van der Waals surface area (Å²) in [6.07, 6.45) is 2.37. The molecule has 0 spiro atoms. The molecule has 0 bridgehead atoms. The Hall–Kier alpha value is 0.190. The second-order valence-corrected chi connectivity index (χ2v) is 7.23. The monoisotopic (exact) mass is 422 g/mol. The summed E-state index contributed by atoms with van der Waals surface area (Å²) in [5.74, 6) is 0. The van der Waals surface area contributed by atoms with E-state index in [0.29, 0.717) is 0 Å². The molecule has 1 atom stereocenters. The summed E-state index contributed by atoms with van der Waals surface area (Å²) in [4.78, 5) is 2.50. The van der Waals surface area contributed by atoms with Crippen molar-refractivity contribution in [3.8, 4) is 0 Å². The molecule has 1 N–H and O–H groups in total. The van der Waals surface area contributed by atoms with E-state index in [-0.39, 0.29) is 5.54 Å². The molecule has 0 aromatic heterocycles. The van der Waals surface area contributed by atoms with Crippen molar-refractivity contribution in [3.05, 3.63) is 26.2 Å². The molecule has 2 nitrogen and oxygen atoms in total. The van der Waals surface area contributed by atoms with E-state index in [0.717, 1.165) is 26.1 Å². The molecular weight excluding hydrogens is 403 g/mol. The highest BCUT2D eigenvalue weighted by Gasteiger charge is 2.27. The quantitative estimate of drug-likeness (QED) is 0.724. The van der Waals surface area contributed by atoms with Crippen LogP contribution in [0.1, 0.15) is 26.7 Å². The highest BCUT2D eigenvalue weighted by molar-refractivity contribution is 14.1. The normalized spacial score (nSPS) is 25.0. The van der Waals surface area contributed by atoms with Crippen molar-refractivity contribution >= 4 is 44.2 Å². The number of benzene rings is 1. The summed E-state index contributed by atoms with van der Waals surface area (Å²) < 4.78 is 2.46. The van der Waals surface area contributed by atoms with Gasteiger partial charge in [0.05, 0.1) is 0 Å². The number of halogens is 2. The van der Waals surface area contributed by atoms with Gasteiger partial charge in [-0.05, 0) is 83.0 Å². The van der Waals surface area contributed by atoms with Gasteiger partial charge in [0.1, 0.15) is 0 Å². The van der Waals surface area contributed by atoms with Gasteiger partial charge in [0.25, 0.3) is 0 Å². The lowest BCUT2D eigenvalue weighted by atomic mass is 9.98. The Bertz CT molecular complexity index is 424. The topological polar surface area (TPSA) is 15.3 Å². The van der Waals surface area contributed by atoms with Crippen LogP contribution in [0.15, 0.2) is 22.7 Å². The maximum absolute atomic E-state index is 3.68. The van der Waals surface area contributed by atoms with Crippen molar-refractivity contribution in [2.45, 2.75) is 32.2 Å². The van der Waals surface area contributed by atoms with Crippen molar-refractivity contribution in [1.29, 1.82) is 0 Å². The van der Waals surface area contributed by atoms with Gasteiger partial charge >= 0.3 is 0 Å². The summed E-state index contributed by atoms with van der Waals surface area (Å²) in [6.45, 7) is 7.92. The number of nitrogens with one attached hydrogen (secondary N) is 1. The van der Waals surface area contributed by atoms with Gasteiger partial charge in [0, 0.05) is 32.4 Å². The van der Waals surface area contributed by atoms with Crippen LogP contribution < -0.4 is 10.2 Å². The molecule has 0 radical (unpaired) electrons. The van der Waals surface area contributed by atoms with E-state index in [4.69, 9.17) is 0 Å². The zero-order chi connectivity index (χ0) is 13.2. The first-order chi connectivity index (χ1) is 8.54. The first-order valence-electron chi connectivity index (χ1n) is 6.49. The minimum Gasteiger partial charge on any atom is -0.370 e. The van der Waals surface area contributed by atoms with Crippen molar-refractivity contribution in [1.82, 2.24) is 5.32 Å². The first kappa shape index (κ1) is 14.6. The highest BCUT2D eigenvalue weighted by Crippen LogP contribution is 2.27. The zero-order valence-corrected chi connectivity index (χ0v) is 14.7. The second kappa shape index (κ2) is 6.09. The summed E-state index contributed by atoms with van der Waals surface area (Å²) in [5, 5.41) is 3.68. The van der Waals surface area contributed by atoms with Gasteiger partial charge in [0.2, 0.25) is 0 Å². The fourth-order valence-corrected chi connectivity index (χ4v) is 3.06. The number of hydrogen-bond acceptors (Lipinski definition) is 2. The minimum absolute atomic E-state index is 0.228. The third-order valence-electron chi connectivity index (χ3n) is 3.75. The van der Waals surface area contributed by atoms with Crippen LogP contribution in [0.5, 0.6) is 0 Å². The van der Waals surface area contributed by atoms with E-state index in [1.165, 1.54) is 20.2 Å². The van der Waals surface area contributed by atoms with Crippen molar-refractivity contribution in [2.24, 2.45) is 0 Å². The molecule has 0 amide bonds. The molecule has 1 aromatic carbocycles. The zero-order valence-electron chi connectivity index (χ0n) is 11.0. The Kier molecular flexibility index (Phi) is 4.94. The standard InChI is InChI=1S/C14H20BrIN2/c1-3-14(2)10-18(8-4-7-17-14)11-5-6-13(16)12(15)9-11/h5-6,9,17H,3-4,7-8,10H2,1-2H3. The van der Waals surface area contributed by atoms with Gasteiger partial charge in [-0.2, -0.15) is 0 Å². The van der Waals surface area contributed by atoms with Crippen molar-refractivity contribution in [2.75, 3.05) is 24.5 Å². The SMILES string of the molecule is CCC1(C)CN(c2ccc(I)c(Br)c2)CCCN1. The molecule has 100 valence electrons. The molecule has 1 unspecified atom stereocenters. The van der Waals surface area contributed by atoms with Gasteiger partial charge in [-0.3, -0.25) is 0 Å². The lowest BCUT2D eigenvalue weighted by Crippen LogP contribution is -2.48. The third-order valence-corrected chi connectivity index (χ3v) is 6.08. The average molecular weight is 423 g/mol. The number of rotatable bonds is 2. The van der Waals surface area contributed by atoms with Crippen LogP contribution in [0.3, 0.4) is 0 Å². The fraction of sp³-hybridized carbons (Fsp3) is 0.571. The van der Waals surface area contributed by atoms with E-state index in [1.54, 1.807) is 0 Å². The van der Waals surface area contributed by atoms with Crippen LogP contribution in [-0.4, -0.2) is 25.2 Å². The molecule has 1 heterocycles. The van der Waals surface area contributed by atoms with E-state index in [9.17, 15) is 0 Å². The van der Waals surface area contributed by atoms with E-state index in [1.807, 2.05) is 0 Å². The smallest absolute Gasteiger partial charge is 0.0378 e. The lowest BCUT2D eigenvalue weighted by Gasteiger charge is -2.34. The number of nitrogens with zero attached hydrogens (tertiary/aromatic N) is 1. The molecule has 1 fully saturated rings. The van der Waals surface area contributed by atoms with Crippen LogP contribution in [0.4, 0.5) is 5.69 Å². The maximum Gasteiger partial charge on any atom is 0.0378 e. The Balaban J connectivity index is 2.22. The molecule has 1 aromatic rings. The summed E-state index contributed by atoms with van der Waals surface area (Å²) in [5.41, 5.74) is 1.55. The first-order valence-corrected chi connectivity index (χ1v) is 8.36. The molecule has 2 rings (SSSR count). The van der Waals surface area contributed by atoms with E-state index in [2.05, 4.69) is 80.8 Å². The van der Waals surface area contributed by atoms with Crippen LogP contribution >= 0.6 is 38.5 Å². The van der Waals surface area contributed by atoms with Crippen molar-refractivity contribution in [3.63, 3.8) is 0 Å². The molecule has 1 saturated heterocycles. The van der Waals surface area contributed by atoms with Crippen LogP contribution in [0.25, 0.3) is 0 Å². The molecule has 4 heteroatoms. The van der Waals surface area contributed by atoms with Gasteiger partial charge in [0.15, 0.2) is 0 Å². The largest absolute Gasteiger partial charge is 0.370 e. The Morgan fingerprint density at radius 2 is 2.28 bits per heavy atom. The fourth-order valence-electron chi connectivity index (χ4n) is 2.36. The van der Waals surface area contributed by atoms with Crippen LogP contribution in [0.2, 0.25) is 0 Å². The molecule has 1 aliphatic rings. The minimum atomic E-state index is 0.228. The molecule has 0 saturated carbocycles. The molecular formula is C14H20BrIN2. The Morgan fingerprint density at radius 1 is 1.50 bits per heavy atom. The maximum atomic E-state index is 3.68. The second-order valence-electron chi connectivity index (χ2n) is 5.21. The molecule has 0 aliphatic carbocycles. The third kappa shape index (κ3) is 3.39. The Morgan fingerprint density at radius 3 is 2.94 bits per heavy atom. The number of hydrogen-bond donors (Lipinski definition) is 1. The van der Waals surface area contributed by atoms with Gasteiger partial charge in [-0.15, -0.1) is 0 Å². The van der Waals surface area contributed by atoms with E-state index >= 15 is 0 Å². The lowest BCUT2D eigenvalue weighted by molar-refractivity contribution is 0.366. The molecule has 18 heavy (non-hydrogen) atoms. The predicted octanol–water partition coefficient (Wildman–Crippen LogP) is 4.02. The van der Waals surface area contributed by atoms with Crippen LogP contribution in [-0.2, 0) is 0 Å². The number of anilines is 1. The highest BCUT2D eigenvalue weighted by atomic mass is 127. The Labute approximate surface area is 132 Å². The summed E-state index contributed by atoms with van der Waals surface area (Å²) >= 11 is 5.98. The molecule has 1 aliphatic heterocycles. The average Bonchev–Trinajstić information content (AvgIpc) is 2.56.